The summed E-state index contributed by atoms with van der Waals surface area (Å²) in [5.74, 6) is 0. The van der Waals surface area contributed by atoms with Crippen molar-refractivity contribution < 1.29 is 13.2 Å². The second-order valence-corrected chi connectivity index (χ2v) is 3.88. The first-order valence-electron chi connectivity index (χ1n) is 4.15. The molecule has 0 unspecified atom stereocenters. The third kappa shape index (κ3) is 1.82. The Morgan fingerprint density at radius 2 is 2.06 bits per heavy atom. The Balaban J connectivity index is 2.95. The van der Waals surface area contributed by atoms with Gasteiger partial charge in [-0.3, -0.25) is 9.20 Å². The van der Waals surface area contributed by atoms with Crippen LogP contribution in [0.2, 0.25) is 0 Å². The second kappa shape index (κ2) is 3.58. The smallest absolute Gasteiger partial charge is 0.296 e. The number of alkyl halides is 3. The van der Waals surface area contributed by atoms with Crippen LogP contribution >= 0.6 is 15.9 Å². The van der Waals surface area contributed by atoms with Gasteiger partial charge in [0.2, 0.25) is 0 Å². The molecule has 0 radical (unpaired) electrons. The molecule has 0 aliphatic carbocycles. The van der Waals surface area contributed by atoms with Crippen LogP contribution in [0, 0.1) is 0 Å². The van der Waals surface area contributed by atoms with Gasteiger partial charge in [-0.25, -0.2) is 0 Å². The average Bonchev–Trinajstić information content (AvgIpc) is 2.17. The lowest BCUT2D eigenvalue weighted by Crippen LogP contribution is -2.19. The number of nitrogens with zero attached hydrogens (tertiary/aromatic N) is 2. The van der Waals surface area contributed by atoms with Crippen molar-refractivity contribution in [1.82, 2.24) is 9.38 Å². The van der Waals surface area contributed by atoms with Crippen LogP contribution in [0.4, 0.5) is 13.2 Å². The molecule has 3 nitrogen and oxygen atoms in total. The van der Waals surface area contributed by atoms with Crippen LogP contribution in [0.3, 0.4) is 0 Å². The molecule has 0 fully saturated rings. The van der Waals surface area contributed by atoms with E-state index in [1.807, 2.05) is 0 Å². The second-order valence-electron chi connectivity index (χ2n) is 3.03. The van der Waals surface area contributed by atoms with E-state index < -0.39 is 17.4 Å². The molecule has 0 saturated carbocycles. The highest BCUT2D eigenvalue weighted by Gasteiger charge is 2.34. The fraction of sp³-hybridized carbons (Fsp3) is 0.111. The SMILES string of the molecule is O=c1cc(C(F)(F)F)n2cccc(Br)c2n1. The Bertz CT molecular complexity index is 606. The highest BCUT2D eigenvalue weighted by molar-refractivity contribution is 9.10. The highest BCUT2D eigenvalue weighted by Crippen LogP contribution is 2.29. The van der Waals surface area contributed by atoms with Gasteiger partial charge in [0.25, 0.3) is 5.56 Å². The Labute approximate surface area is 95.7 Å². The summed E-state index contributed by atoms with van der Waals surface area (Å²) >= 11 is 3.04. The molecular formula is C9H4BrF3N2O. The molecule has 0 spiro atoms. The van der Waals surface area contributed by atoms with Gasteiger partial charge >= 0.3 is 6.18 Å². The van der Waals surface area contributed by atoms with E-state index in [1.54, 1.807) is 0 Å². The molecule has 0 aliphatic rings. The lowest BCUT2D eigenvalue weighted by molar-refractivity contribution is -0.142. The predicted octanol–water partition coefficient (Wildman–Crippen LogP) is 2.48. The summed E-state index contributed by atoms with van der Waals surface area (Å²) in [6.07, 6.45) is -3.39. The van der Waals surface area contributed by atoms with Gasteiger partial charge in [0.05, 0.1) is 4.47 Å². The van der Waals surface area contributed by atoms with Crippen LogP contribution in [0.5, 0.6) is 0 Å². The van der Waals surface area contributed by atoms with Crippen LogP contribution in [0.1, 0.15) is 5.69 Å². The van der Waals surface area contributed by atoms with Crippen molar-refractivity contribution in [2.75, 3.05) is 0 Å². The van der Waals surface area contributed by atoms with Gasteiger partial charge in [0, 0.05) is 12.3 Å². The zero-order valence-corrected chi connectivity index (χ0v) is 9.21. The van der Waals surface area contributed by atoms with Gasteiger partial charge < -0.3 is 0 Å². The van der Waals surface area contributed by atoms with E-state index >= 15 is 0 Å². The van der Waals surface area contributed by atoms with Gasteiger partial charge in [-0.1, -0.05) is 0 Å². The quantitative estimate of drug-likeness (QED) is 0.748. The fourth-order valence-electron chi connectivity index (χ4n) is 1.32. The molecular weight excluding hydrogens is 289 g/mol. The average molecular weight is 293 g/mol. The third-order valence-electron chi connectivity index (χ3n) is 1.95. The molecule has 0 atom stereocenters. The van der Waals surface area contributed by atoms with Gasteiger partial charge in [0.1, 0.15) is 5.69 Å². The number of hydrogen-bond acceptors (Lipinski definition) is 2. The molecule has 2 heterocycles. The third-order valence-corrected chi connectivity index (χ3v) is 2.56. The summed E-state index contributed by atoms with van der Waals surface area (Å²) in [4.78, 5) is 14.6. The maximum Gasteiger partial charge on any atom is 0.432 e. The maximum absolute atomic E-state index is 12.6. The Morgan fingerprint density at radius 1 is 1.38 bits per heavy atom. The molecule has 0 saturated heterocycles. The summed E-state index contributed by atoms with van der Waals surface area (Å²) in [5.41, 5.74) is -2.01. The molecule has 84 valence electrons. The van der Waals surface area contributed by atoms with Gasteiger partial charge in [0.15, 0.2) is 5.65 Å². The predicted molar refractivity (Wildman–Crippen MR) is 54.2 cm³/mol. The minimum Gasteiger partial charge on any atom is -0.296 e. The molecule has 2 aromatic rings. The molecule has 7 heteroatoms. The van der Waals surface area contributed by atoms with Crippen LogP contribution in [-0.4, -0.2) is 9.38 Å². The van der Waals surface area contributed by atoms with E-state index in [2.05, 4.69) is 20.9 Å². The van der Waals surface area contributed by atoms with E-state index in [0.29, 0.717) is 10.5 Å². The van der Waals surface area contributed by atoms with Gasteiger partial charge in [-0.2, -0.15) is 18.2 Å². The summed E-state index contributed by atoms with van der Waals surface area (Å²) in [5, 5.41) is 0. The summed E-state index contributed by atoms with van der Waals surface area (Å²) < 4.78 is 39.0. The van der Waals surface area contributed by atoms with Crippen molar-refractivity contribution in [3.05, 3.63) is 44.9 Å². The minimum atomic E-state index is -4.59. The van der Waals surface area contributed by atoms with Gasteiger partial charge in [-0.05, 0) is 28.1 Å². The van der Waals surface area contributed by atoms with E-state index in [0.717, 1.165) is 4.40 Å². The van der Waals surface area contributed by atoms with Crippen molar-refractivity contribution in [1.29, 1.82) is 0 Å². The number of fused-ring (bicyclic) bond motifs is 1. The summed E-state index contributed by atoms with van der Waals surface area (Å²) in [7, 11) is 0. The molecule has 0 N–H and O–H groups in total. The van der Waals surface area contributed by atoms with Crippen molar-refractivity contribution in [2.45, 2.75) is 6.18 Å². The fourth-order valence-corrected chi connectivity index (χ4v) is 1.75. The number of hydrogen-bond donors (Lipinski definition) is 0. The van der Waals surface area contributed by atoms with Crippen molar-refractivity contribution in [3.63, 3.8) is 0 Å². The summed E-state index contributed by atoms with van der Waals surface area (Å²) in [6.45, 7) is 0. The minimum absolute atomic E-state index is 0.0534. The van der Waals surface area contributed by atoms with E-state index in [4.69, 9.17) is 0 Å². The number of pyridine rings is 1. The van der Waals surface area contributed by atoms with Crippen LogP contribution < -0.4 is 5.56 Å². The number of rotatable bonds is 0. The number of aromatic nitrogens is 2. The number of halogens is 4. The monoisotopic (exact) mass is 292 g/mol. The topological polar surface area (TPSA) is 34.4 Å². The molecule has 0 amide bonds. The first-order chi connectivity index (χ1) is 7.39. The van der Waals surface area contributed by atoms with Crippen LogP contribution in [0.15, 0.2) is 33.7 Å². The van der Waals surface area contributed by atoms with Crippen LogP contribution in [0.25, 0.3) is 5.65 Å². The highest BCUT2D eigenvalue weighted by atomic mass is 79.9. The first kappa shape index (κ1) is 11.1. The molecule has 0 bridgehead atoms. The zero-order valence-electron chi connectivity index (χ0n) is 7.62. The summed E-state index contributed by atoms with van der Waals surface area (Å²) in [6, 6.07) is 3.42. The zero-order chi connectivity index (χ0) is 11.9. The van der Waals surface area contributed by atoms with E-state index in [-0.39, 0.29) is 5.65 Å². The Morgan fingerprint density at radius 3 is 2.69 bits per heavy atom. The first-order valence-corrected chi connectivity index (χ1v) is 4.94. The molecule has 2 rings (SSSR count). The van der Waals surface area contributed by atoms with Crippen molar-refractivity contribution in [3.8, 4) is 0 Å². The standard InChI is InChI=1S/C9H4BrF3N2O/c10-5-2-1-3-15-6(9(11,12)13)4-7(16)14-8(5)15/h1-4H. The molecule has 0 aliphatic heterocycles. The Hall–Kier alpha value is -1.37. The van der Waals surface area contributed by atoms with E-state index in [1.165, 1.54) is 18.3 Å². The van der Waals surface area contributed by atoms with Crippen molar-refractivity contribution in [2.24, 2.45) is 0 Å². The van der Waals surface area contributed by atoms with E-state index in [9.17, 15) is 18.0 Å². The Kier molecular flexibility index (Phi) is 2.49. The lowest BCUT2D eigenvalue weighted by atomic mass is 10.3. The molecule has 2 aromatic heterocycles. The van der Waals surface area contributed by atoms with Gasteiger partial charge in [-0.15, -0.1) is 0 Å². The molecule has 0 aromatic carbocycles. The largest absolute Gasteiger partial charge is 0.432 e. The normalized spacial score (nSPS) is 12.0. The maximum atomic E-state index is 12.6. The lowest BCUT2D eigenvalue weighted by Gasteiger charge is -2.11. The van der Waals surface area contributed by atoms with Crippen LogP contribution in [-0.2, 0) is 6.18 Å². The molecule has 16 heavy (non-hydrogen) atoms. The van der Waals surface area contributed by atoms with Crippen molar-refractivity contribution >= 4 is 21.6 Å².